The lowest BCUT2D eigenvalue weighted by molar-refractivity contribution is -0.146. The molecule has 0 bridgehead atoms. The second kappa shape index (κ2) is 10.3. The molecule has 0 aliphatic carbocycles. The normalized spacial score (nSPS) is 13.7. The van der Waals surface area contributed by atoms with Crippen LogP contribution in [0.3, 0.4) is 0 Å². The maximum Gasteiger partial charge on any atom is 0.326 e. The Morgan fingerprint density at radius 1 is 1.22 bits per heavy atom. The number of rotatable bonds is 9. The third kappa shape index (κ3) is 7.04. The zero-order chi connectivity index (χ0) is 17.1. The highest BCUT2D eigenvalue weighted by Gasteiger charge is 2.35. The second-order valence-electron chi connectivity index (χ2n) is 5.54. The molecule has 0 spiro atoms. The number of carbonyl (C=O) groups is 2. The summed E-state index contributed by atoms with van der Waals surface area (Å²) in [6, 6.07) is 9.55. The molecule has 0 amide bonds. The minimum Gasteiger partial charge on any atom is -0.460 e. The van der Waals surface area contributed by atoms with E-state index < -0.39 is 4.75 Å². The van der Waals surface area contributed by atoms with Gasteiger partial charge in [0.15, 0.2) is 5.12 Å². The molecule has 1 aromatic carbocycles. The minimum atomic E-state index is -0.963. The fourth-order valence-electron chi connectivity index (χ4n) is 1.95. The maximum absolute atomic E-state index is 12.5. The summed E-state index contributed by atoms with van der Waals surface area (Å²) in [7, 11) is 0. The predicted molar refractivity (Wildman–Crippen MR) is 96.2 cm³/mol. The number of ether oxygens (including phenoxy) is 1. The third-order valence-corrected chi connectivity index (χ3v) is 4.64. The number of unbranched alkanes of at least 4 members (excludes halogenated alkanes) is 2. The Labute approximate surface area is 143 Å². The van der Waals surface area contributed by atoms with E-state index in [0.29, 0.717) is 6.42 Å². The molecule has 1 rings (SSSR count). The van der Waals surface area contributed by atoms with Crippen molar-refractivity contribution in [3.63, 3.8) is 0 Å². The van der Waals surface area contributed by atoms with Crippen LogP contribution in [0, 0.1) is 0 Å². The summed E-state index contributed by atoms with van der Waals surface area (Å²) in [6.45, 7) is 5.89. The van der Waals surface area contributed by atoms with E-state index in [1.165, 1.54) is 0 Å². The smallest absolute Gasteiger partial charge is 0.326 e. The lowest BCUT2D eigenvalue weighted by atomic mass is 10.1. The molecule has 0 fully saturated rings. The molecule has 0 saturated carbocycles. The highest BCUT2D eigenvalue weighted by molar-refractivity contribution is 8.15. The van der Waals surface area contributed by atoms with Crippen LogP contribution in [0.5, 0.6) is 0 Å². The quantitative estimate of drug-likeness (QED) is 0.366. The maximum atomic E-state index is 12.5. The first-order valence-corrected chi connectivity index (χ1v) is 8.94. The highest BCUT2D eigenvalue weighted by Crippen LogP contribution is 2.30. The van der Waals surface area contributed by atoms with Crippen LogP contribution in [0.2, 0.25) is 0 Å². The van der Waals surface area contributed by atoms with Crippen molar-refractivity contribution in [1.82, 2.24) is 0 Å². The molecule has 1 aromatic rings. The van der Waals surface area contributed by atoms with E-state index >= 15 is 0 Å². The van der Waals surface area contributed by atoms with Crippen LogP contribution in [0.4, 0.5) is 0 Å². The van der Waals surface area contributed by atoms with Crippen LogP contribution in [-0.2, 0) is 20.9 Å². The Balaban J connectivity index is 2.74. The van der Waals surface area contributed by atoms with E-state index in [4.69, 9.17) is 4.74 Å². The van der Waals surface area contributed by atoms with Crippen LogP contribution < -0.4 is 0 Å². The minimum absolute atomic E-state index is 0.00990. The summed E-state index contributed by atoms with van der Waals surface area (Å²) < 4.78 is 4.47. The summed E-state index contributed by atoms with van der Waals surface area (Å²) >= 11 is 1.05. The van der Waals surface area contributed by atoms with Crippen molar-refractivity contribution < 1.29 is 14.3 Å². The Hall–Kier alpha value is -1.55. The number of hydrogen-bond acceptors (Lipinski definition) is 4. The molecule has 0 aliphatic rings. The van der Waals surface area contributed by atoms with Gasteiger partial charge in [0, 0.05) is 6.42 Å². The van der Waals surface area contributed by atoms with Gasteiger partial charge in [-0.25, -0.2) is 0 Å². The number of esters is 1. The summed E-state index contributed by atoms with van der Waals surface area (Å²) in [5, 5.41) is -0.00990. The van der Waals surface area contributed by atoms with Crippen molar-refractivity contribution in [2.24, 2.45) is 0 Å². The van der Waals surface area contributed by atoms with E-state index in [-0.39, 0.29) is 17.7 Å². The molecular weight excluding hydrogens is 308 g/mol. The largest absolute Gasteiger partial charge is 0.460 e. The first-order valence-electron chi connectivity index (χ1n) is 8.12. The van der Waals surface area contributed by atoms with E-state index in [2.05, 4.69) is 6.92 Å². The van der Waals surface area contributed by atoms with Crippen LogP contribution in [0.15, 0.2) is 42.5 Å². The molecule has 126 valence electrons. The van der Waals surface area contributed by atoms with Crippen LogP contribution >= 0.6 is 11.8 Å². The predicted octanol–water partition coefficient (Wildman–Crippen LogP) is 4.90. The first-order chi connectivity index (χ1) is 11.0. The molecule has 3 nitrogen and oxygen atoms in total. The number of thioether (sulfide) groups is 1. The van der Waals surface area contributed by atoms with Crippen molar-refractivity contribution in [3.8, 4) is 0 Å². The van der Waals surface area contributed by atoms with Gasteiger partial charge in [-0.1, -0.05) is 80.9 Å². The van der Waals surface area contributed by atoms with E-state index in [0.717, 1.165) is 36.6 Å². The van der Waals surface area contributed by atoms with Crippen molar-refractivity contribution in [1.29, 1.82) is 0 Å². The van der Waals surface area contributed by atoms with Gasteiger partial charge in [0.05, 0.1) is 0 Å². The summed E-state index contributed by atoms with van der Waals surface area (Å²) in [5.41, 5.74) is 0.935. The standard InChI is InChI=1S/C19H26O3S/c1-4-6-7-11-14-19(3,23-17(20)5-2)18(21)22-15-16-12-9-8-10-13-16/h8-14H,4-7,15H2,1-3H3/t19-/m0/s1. The summed E-state index contributed by atoms with van der Waals surface area (Å²) in [4.78, 5) is 24.3. The first kappa shape index (κ1) is 19.5. The van der Waals surface area contributed by atoms with Crippen molar-refractivity contribution in [2.75, 3.05) is 0 Å². The zero-order valence-corrected chi connectivity index (χ0v) is 15.0. The Morgan fingerprint density at radius 2 is 1.91 bits per heavy atom. The molecule has 4 heteroatoms. The molecular formula is C19H26O3S. The van der Waals surface area contributed by atoms with E-state index in [9.17, 15) is 9.59 Å². The molecule has 0 aromatic heterocycles. The van der Waals surface area contributed by atoms with Gasteiger partial charge in [-0.15, -0.1) is 0 Å². The Kier molecular flexibility index (Phi) is 8.70. The summed E-state index contributed by atoms with van der Waals surface area (Å²) in [6.07, 6.45) is 7.25. The molecule has 0 unspecified atom stereocenters. The molecule has 23 heavy (non-hydrogen) atoms. The molecule has 1 atom stereocenters. The lowest BCUT2D eigenvalue weighted by Gasteiger charge is -2.22. The summed E-state index contributed by atoms with van der Waals surface area (Å²) in [5.74, 6) is -0.374. The van der Waals surface area contributed by atoms with Gasteiger partial charge >= 0.3 is 5.97 Å². The van der Waals surface area contributed by atoms with Crippen molar-refractivity contribution in [2.45, 2.75) is 57.8 Å². The highest BCUT2D eigenvalue weighted by atomic mass is 32.2. The number of hydrogen-bond donors (Lipinski definition) is 0. The van der Waals surface area contributed by atoms with Crippen LogP contribution in [0.1, 0.15) is 52.0 Å². The monoisotopic (exact) mass is 334 g/mol. The molecule has 0 aliphatic heterocycles. The molecule has 0 radical (unpaired) electrons. The topological polar surface area (TPSA) is 43.4 Å². The SMILES string of the molecule is CCCCC=C[C@](C)(SC(=O)CC)C(=O)OCc1ccccc1. The van der Waals surface area contributed by atoms with Gasteiger partial charge in [-0.05, 0) is 18.9 Å². The molecule has 0 N–H and O–H groups in total. The molecule has 0 saturated heterocycles. The van der Waals surface area contributed by atoms with Crippen LogP contribution in [-0.4, -0.2) is 15.8 Å². The van der Waals surface area contributed by atoms with Crippen LogP contribution in [0.25, 0.3) is 0 Å². The number of carbonyl (C=O) groups excluding carboxylic acids is 2. The number of allylic oxidation sites excluding steroid dienone is 1. The number of benzene rings is 1. The Morgan fingerprint density at radius 3 is 2.52 bits per heavy atom. The fourth-order valence-corrected chi connectivity index (χ4v) is 2.87. The average molecular weight is 334 g/mol. The lowest BCUT2D eigenvalue weighted by Crippen LogP contribution is -2.32. The van der Waals surface area contributed by atoms with E-state index in [1.54, 1.807) is 13.8 Å². The van der Waals surface area contributed by atoms with Crippen molar-refractivity contribution >= 4 is 22.8 Å². The Bertz CT molecular complexity index is 525. The van der Waals surface area contributed by atoms with Gasteiger partial charge in [0.1, 0.15) is 11.4 Å². The van der Waals surface area contributed by atoms with Gasteiger partial charge in [0.2, 0.25) is 0 Å². The zero-order valence-electron chi connectivity index (χ0n) is 14.2. The van der Waals surface area contributed by atoms with Gasteiger partial charge < -0.3 is 4.74 Å². The van der Waals surface area contributed by atoms with Crippen molar-refractivity contribution in [3.05, 3.63) is 48.0 Å². The molecule has 0 heterocycles. The van der Waals surface area contributed by atoms with E-state index in [1.807, 2.05) is 42.5 Å². The van der Waals surface area contributed by atoms with Gasteiger partial charge in [-0.3, -0.25) is 9.59 Å². The van der Waals surface area contributed by atoms with Gasteiger partial charge in [0.25, 0.3) is 0 Å². The second-order valence-corrected chi connectivity index (χ2v) is 7.05. The van der Waals surface area contributed by atoms with Gasteiger partial charge in [-0.2, -0.15) is 0 Å². The fraction of sp³-hybridized carbons (Fsp3) is 0.474. The third-order valence-electron chi connectivity index (χ3n) is 3.39. The average Bonchev–Trinajstić information content (AvgIpc) is 2.57.